The lowest BCUT2D eigenvalue weighted by Crippen LogP contribution is -2.37. The van der Waals surface area contributed by atoms with E-state index in [4.69, 9.17) is 9.15 Å². The van der Waals surface area contributed by atoms with Crippen LogP contribution in [0.1, 0.15) is 18.4 Å². The number of anilines is 1. The van der Waals surface area contributed by atoms with Gasteiger partial charge in [-0.3, -0.25) is 4.79 Å². The van der Waals surface area contributed by atoms with E-state index in [1.165, 1.54) is 0 Å². The number of nitrogens with zero attached hydrogens (tertiary/aromatic N) is 4. The van der Waals surface area contributed by atoms with Gasteiger partial charge in [0.2, 0.25) is 0 Å². The average Bonchev–Trinajstić information content (AvgIpc) is 3.48. The van der Waals surface area contributed by atoms with Crippen molar-refractivity contribution in [3.8, 4) is 5.69 Å². The van der Waals surface area contributed by atoms with E-state index in [9.17, 15) is 4.79 Å². The Balaban J connectivity index is 1.13. The van der Waals surface area contributed by atoms with Crippen LogP contribution >= 0.6 is 0 Å². The summed E-state index contributed by atoms with van der Waals surface area (Å²) >= 11 is 0. The minimum absolute atomic E-state index is 0.0889. The number of rotatable bonds is 5. The van der Waals surface area contributed by atoms with E-state index < -0.39 is 0 Å². The molecule has 3 heterocycles. The predicted molar refractivity (Wildman–Crippen MR) is 112 cm³/mol. The summed E-state index contributed by atoms with van der Waals surface area (Å²) in [5.74, 6) is -0.225. The van der Waals surface area contributed by atoms with Crippen LogP contribution in [0, 0.1) is 5.92 Å². The second kappa shape index (κ2) is 8.02. The van der Waals surface area contributed by atoms with E-state index in [2.05, 4.69) is 15.0 Å². The van der Waals surface area contributed by atoms with Gasteiger partial charge < -0.3 is 14.1 Å². The normalized spacial score (nSPS) is 14.9. The molecule has 5 rings (SSSR count). The summed E-state index contributed by atoms with van der Waals surface area (Å²) in [6.45, 7) is 1.74. The van der Waals surface area contributed by atoms with Gasteiger partial charge in [0.05, 0.1) is 11.6 Å². The Hall–Kier alpha value is -3.61. The van der Waals surface area contributed by atoms with Gasteiger partial charge in [-0.1, -0.05) is 24.3 Å². The Bertz CT molecular complexity index is 1090. The zero-order valence-corrected chi connectivity index (χ0v) is 16.5. The average molecular weight is 402 g/mol. The zero-order chi connectivity index (χ0) is 20.3. The number of para-hydroxylation sites is 2. The first-order valence-corrected chi connectivity index (χ1v) is 10.1. The van der Waals surface area contributed by atoms with Crippen LogP contribution in [0.25, 0.3) is 16.8 Å². The molecule has 0 bridgehead atoms. The maximum absolute atomic E-state index is 12.5. The van der Waals surface area contributed by atoms with Crippen LogP contribution in [0.4, 0.5) is 6.01 Å². The van der Waals surface area contributed by atoms with E-state index in [0.717, 1.165) is 48.3 Å². The van der Waals surface area contributed by atoms with Gasteiger partial charge in [-0.25, -0.2) is 4.68 Å². The fraction of sp³-hybridized carbons (Fsp3) is 0.261. The third kappa shape index (κ3) is 3.78. The predicted octanol–water partition coefficient (Wildman–Crippen LogP) is 3.97. The van der Waals surface area contributed by atoms with Crippen molar-refractivity contribution in [1.29, 1.82) is 0 Å². The van der Waals surface area contributed by atoms with Gasteiger partial charge in [0.25, 0.3) is 6.01 Å². The first-order chi connectivity index (χ1) is 14.8. The van der Waals surface area contributed by atoms with Gasteiger partial charge in [0.1, 0.15) is 12.1 Å². The number of fused-ring (bicyclic) bond motifs is 1. The summed E-state index contributed by atoms with van der Waals surface area (Å²) in [6, 6.07) is 18.1. The highest BCUT2D eigenvalue weighted by Gasteiger charge is 2.28. The van der Waals surface area contributed by atoms with Crippen molar-refractivity contribution in [2.24, 2.45) is 5.92 Å². The van der Waals surface area contributed by atoms with E-state index >= 15 is 0 Å². The first kappa shape index (κ1) is 18.4. The summed E-state index contributed by atoms with van der Waals surface area (Å²) in [5.41, 5.74) is 3.57. The Labute approximate surface area is 173 Å². The zero-order valence-electron chi connectivity index (χ0n) is 16.5. The molecule has 1 saturated heterocycles. The highest BCUT2D eigenvalue weighted by molar-refractivity contribution is 5.75. The number of benzene rings is 2. The number of oxazole rings is 1. The fourth-order valence-electron chi connectivity index (χ4n) is 3.74. The molecule has 152 valence electrons. The van der Waals surface area contributed by atoms with E-state index in [-0.39, 0.29) is 18.5 Å². The van der Waals surface area contributed by atoms with Gasteiger partial charge in [-0.15, -0.1) is 0 Å². The molecular formula is C23H22N4O3. The molecule has 1 fully saturated rings. The maximum atomic E-state index is 12.5. The number of aromatic nitrogens is 3. The van der Waals surface area contributed by atoms with E-state index in [1.807, 2.05) is 60.8 Å². The van der Waals surface area contributed by atoms with Crippen molar-refractivity contribution < 1.29 is 13.9 Å². The summed E-state index contributed by atoms with van der Waals surface area (Å²) in [7, 11) is 0. The number of carbonyl (C=O) groups is 1. The number of hydrogen-bond donors (Lipinski definition) is 0. The van der Waals surface area contributed by atoms with Crippen LogP contribution < -0.4 is 4.90 Å². The van der Waals surface area contributed by atoms with E-state index in [1.54, 1.807) is 10.9 Å². The van der Waals surface area contributed by atoms with Crippen LogP contribution in [0.3, 0.4) is 0 Å². The Kier molecular flexibility index (Phi) is 4.93. The quantitative estimate of drug-likeness (QED) is 0.470. The van der Waals surface area contributed by atoms with Crippen LogP contribution in [0.2, 0.25) is 0 Å². The molecule has 0 unspecified atom stereocenters. The fourth-order valence-corrected chi connectivity index (χ4v) is 3.74. The largest absolute Gasteiger partial charge is 0.461 e. The summed E-state index contributed by atoms with van der Waals surface area (Å²) in [4.78, 5) is 19.2. The molecule has 4 aromatic rings. The molecule has 2 aromatic heterocycles. The van der Waals surface area contributed by atoms with Gasteiger partial charge in [0.15, 0.2) is 5.58 Å². The molecule has 7 heteroatoms. The molecule has 0 saturated carbocycles. The van der Waals surface area contributed by atoms with Crippen LogP contribution in [0.5, 0.6) is 0 Å². The van der Waals surface area contributed by atoms with Gasteiger partial charge in [-0.2, -0.15) is 10.1 Å². The van der Waals surface area contributed by atoms with Gasteiger partial charge >= 0.3 is 5.97 Å². The SMILES string of the molecule is O=C(OCc1ccc(-n2cccn2)cc1)C1CCN(c2nc3ccccc3o2)CC1. The topological polar surface area (TPSA) is 73.4 Å². The highest BCUT2D eigenvalue weighted by atomic mass is 16.5. The maximum Gasteiger partial charge on any atom is 0.309 e. The number of carbonyl (C=O) groups excluding carboxylic acids is 1. The molecule has 0 amide bonds. The summed E-state index contributed by atoms with van der Waals surface area (Å²) in [6.07, 6.45) is 5.10. The molecule has 7 nitrogen and oxygen atoms in total. The second-order valence-corrected chi connectivity index (χ2v) is 7.45. The summed E-state index contributed by atoms with van der Waals surface area (Å²) < 4.78 is 13.2. The van der Waals surface area contributed by atoms with Crippen LogP contribution in [-0.2, 0) is 16.1 Å². The van der Waals surface area contributed by atoms with Crippen molar-refractivity contribution in [1.82, 2.24) is 14.8 Å². The van der Waals surface area contributed by atoms with Crippen molar-refractivity contribution >= 4 is 23.1 Å². The van der Waals surface area contributed by atoms with Gasteiger partial charge in [0, 0.05) is 25.5 Å². The van der Waals surface area contributed by atoms with Crippen molar-refractivity contribution in [3.05, 3.63) is 72.6 Å². The highest BCUT2D eigenvalue weighted by Crippen LogP contribution is 2.27. The molecule has 2 aromatic carbocycles. The van der Waals surface area contributed by atoms with Gasteiger partial charge in [-0.05, 0) is 48.7 Å². The lowest BCUT2D eigenvalue weighted by Gasteiger charge is -2.29. The third-order valence-electron chi connectivity index (χ3n) is 5.47. The Morgan fingerprint density at radius 1 is 1.07 bits per heavy atom. The third-order valence-corrected chi connectivity index (χ3v) is 5.47. The molecule has 0 spiro atoms. The second-order valence-electron chi connectivity index (χ2n) is 7.45. The molecule has 1 aliphatic rings. The smallest absolute Gasteiger partial charge is 0.309 e. The van der Waals surface area contributed by atoms with Crippen LogP contribution in [0.15, 0.2) is 71.4 Å². The molecule has 0 N–H and O–H groups in total. The number of hydrogen-bond acceptors (Lipinski definition) is 6. The number of ether oxygens (including phenoxy) is 1. The molecule has 0 radical (unpaired) electrons. The van der Waals surface area contributed by atoms with Crippen molar-refractivity contribution in [2.75, 3.05) is 18.0 Å². The van der Waals surface area contributed by atoms with Crippen molar-refractivity contribution in [3.63, 3.8) is 0 Å². The Morgan fingerprint density at radius 2 is 1.87 bits per heavy atom. The Morgan fingerprint density at radius 3 is 2.60 bits per heavy atom. The lowest BCUT2D eigenvalue weighted by atomic mass is 9.97. The van der Waals surface area contributed by atoms with Crippen LogP contribution in [-0.4, -0.2) is 33.8 Å². The monoisotopic (exact) mass is 402 g/mol. The minimum Gasteiger partial charge on any atom is -0.461 e. The molecule has 1 aliphatic heterocycles. The minimum atomic E-state index is -0.136. The molecule has 0 atom stereocenters. The van der Waals surface area contributed by atoms with Crippen molar-refractivity contribution in [2.45, 2.75) is 19.4 Å². The lowest BCUT2D eigenvalue weighted by molar-refractivity contribution is -0.150. The molecular weight excluding hydrogens is 380 g/mol. The van der Waals surface area contributed by atoms with E-state index in [0.29, 0.717) is 6.01 Å². The molecule has 30 heavy (non-hydrogen) atoms. The first-order valence-electron chi connectivity index (χ1n) is 10.1. The number of piperidine rings is 1. The standard InChI is InChI=1S/C23H22N4O3/c28-22(29-16-17-6-8-19(9-7-17)27-13-3-12-24-27)18-10-14-26(15-11-18)23-25-20-4-1-2-5-21(20)30-23/h1-9,12-13,18H,10-11,14-16H2. The number of esters is 1. The summed E-state index contributed by atoms with van der Waals surface area (Å²) in [5, 5.41) is 4.21. The molecule has 0 aliphatic carbocycles.